The van der Waals surface area contributed by atoms with Gasteiger partial charge in [0.2, 0.25) is 5.91 Å². The van der Waals surface area contributed by atoms with Crippen LogP contribution in [-0.4, -0.2) is 36.0 Å². The first kappa shape index (κ1) is 16.5. The Balaban J connectivity index is 1.53. The lowest BCUT2D eigenvalue weighted by Gasteiger charge is -2.37. The van der Waals surface area contributed by atoms with Gasteiger partial charge in [0.25, 0.3) is 0 Å². The minimum absolute atomic E-state index is 0.0667. The van der Waals surface area contributed by atoms with Gasteiger partial charge in [0.1, 0.15) is 5.54 Å². The number of benzene rings is 1. The van der Waals surface area contributed by atoms with Crippen molar-refractivity contribution in [3.8, 4) is 0 Å². The third-order valence-corrected chi connectivity index (χ3v) is 5.55. The SMILES string of the molecule is CC(N)(C(=O)NC1CCN(C2CCCC2)CC1)c1ccccc1. The van der Waals surface area contributed by atoms with E-state index in [1.165, 1.54) is 25.7 Å². The van der Waals surface area contributed by atoms with Gasteiger partial charge in [-0.05, 0) is 38.2 Å². The number of nitrogens with one attached hydrogen (secondary N) is 1. The highest BCUT2D eigenvalue weighted by molar-refractivity contribution is 5.87. The minimum atomic E-state index is -0.968. The van der Waals surface area contributed by atoms with Gasteiger partial charge in [-0.15, -0.1) is 0 Å². The van der Waals surface area contributed by atoms with Crippen molar-refractivity contribution in [2.75, 3.05) is 13.1 Å². The third kappa shape index (κ3) is 3.75. The number of rotatable bonds is 4. The molecule has 3 N–H and O–H groups in total. The van der Waals surface area contributed by atoms with Crippen LogP contribution < -0.4 is 11.1 Å². The molecule has 1 saturated heterocycles. The van der Waals surface area contributed by atoms with E-state index in [9.17, 15) is 4.79 Å². The fraction of sp³-hybridized carbons (Fsp3) is 0.632. The molecule has 1 heterocycles. The van der Waals surface area contributed by atoms with Crippen LogP contribution in [0.4, 0.5) is 0 Å². The summed E-state index contributed by atoms with van der Waals surface area (Å²) in [4.78, 5) is 15.2. The summed E-state index contributed by atoms with van der Waals surface area (Å²) in [5.41, 5.74) is 6.20. The minimum Gasteiger partial charge on any atom is -0.351 e. The molecule has 1 saturated carbocycles. The van der Waals surface area contributed by atoms with E-state index in [0.29, 0.717) is 0 Å². The molecule has 4 nitrogen and oxygen atoms in total. The number of likely N-dealkylation sites (tertiary alicyclic amines) is 1. The molecule has 0 spiro atoms. The molecule has 4 heteroatoms. The van der Waals surface area contributed by atoms with E-state index in [1.807, 2.05) is 30.3 Å². The van der Waals surface area contributed by atoms with Crippen molar-refractivity contribution in [3.63, 3.8) is 0 Å². The highest BCUT2D eigenvalue weighted by Crippen LogP contribution is 2.26. The molecule has 1 aromatic carbocycles. The number of nitrogens with zero attached hydrogens (tertiary/aromatic N) is 1. The Morgan fingerprint density at radius 2 is 1.74 bits per heavy atom. The fourth-order valence-corrected chi connectivity index (χ4v) is 3.93. The smallest absolute Gasteiger partial charge is 0.244 e. The summed E-state index contributed by atoms with van der Waals surface area (Å²) >= 11 is 0. The fourth-order valence-electron chi connectivity index (χ4n) is 3.93. The zero-order valence-electron chi connectivity index (χ0n) is 14.1. The average Bonchev–Trinajstić information content (AvgIpc) is 3.11. The molecule has 1 atom stereocenters. The molecule has 1 aromatic rings. The molecule has 0 radical (unpaired) electrons. The van der Waals surface area contributed by atoms with Gasteiger partial charge in [0, 0.05) is 25.2 Å². The number of hydrogen-bond donors (Lipinski definition) is 2. The Bertz CT molecular complexity index is 515. The van der Waals surface area contributed by atoms with Crippen LogP contribution >= 0.6 is 0 Å². The Labute approximate surface area is 139 Å². The maximum absolute atomic E-state index is 12.6. The van der Waals surface area contributed by atoms with Crippen molar-refractivity contribution in [2.45, 2.75) is 63.1 Å². The molecule has 1 unspecified atom stereocenters. The largest absolute Gasteiger partial charge is 0.351 e. The highest BCUT2D eigenvalue weighted by atomic mass is 16.2. The first-order valence-electron chi connectivity index (χ1n) is 8.97. The summed E-state index contributed by atoms with van der Waals surface area (Å²) < 4.78 is 0. The van der Waals surface area contributed by atoms with Crippen LogP contribution in [0.1, 0.15) is 51.0 Å². The molecule has 0 bridgehead atoms. The van der Waals surface area contributed by atoms with Crippen LogP contribution in [0.2, 0.25) is 0 Å². The van der Waals surface area contributed by atoms with E-state index in [2.05, 4.69) is 10.2 Å². The quantitative estimate of drug-likeness (QED) is 0.897. The summed E-state index contributed by atoms with van der Waals surface area (Å²) in [6, 6.07) is 10.7. The molecule has 0 aromatic heterocycles. The maximum Gasteiger partial charge on any atom is 0.244 e. The van der Waals surface area contributed by atoms with E-state index in [0.717, 1.165) is 37.5 Å². The zero-order chi connectivity index (χ0) is 16.3. The molecule has 1 aliphatic heterocycles. The zero-order valence-corrected chi connectivity index (χ0v) is 14.1. The van der Waals surface area contributed by atoms with Gasteiger partial charge < -0.3 is 16.0 Å². The number of nitrogens with two attached hydrogens (primary N) is 1. The molecule has 2 fully saturated rings. The van der Waals surface area contributed by atoms with E-state index in [4.69, 9.17) is 5.73 Å². The first-order chi connectivity index (χ1) is 11.1. The summed E-state index contributed by atoms with van der Waals surface area (Å²) in [6.07, 6.45) is 7.53. The monoisotopic (exact) mass is 315 g/mol. The lowest BCUT2D eigenvalue weighted by Crippen LogP contribution is -2.54. The Hall–Kier alpha value is -1.39. The number of carbonyl (C=O) groups is 1. The van der Waals surface area contributed by atoms with Crippen LogP contribution in [0.5, 0.6) is 0 Å². The van der Waals surface area contributed by atoms with Gasteiger partial charge in [-0.1, -0.05) is 43.2 Å². The number of carbonyl (C=O) groups excluding carboxylic acids is 1. The number of hydrogen-bond acceptors (Lipinski definition) is 3. The molecule has 23 heavy (non-hydrogen) atoms. The van der Waals surface area contributed by atoms with Crippen LogP contribution in [0.15, 0.2) is 30.3 Å². The number of amides is 1. The summed E-state index contributed by atoms with van der Waals surface area (Å²) in [5.74, 6) is -0.0667. The van der Waals surface area contributed by atoms with Crippen molar-refractivity contribution in [1.29, 1.82) is 0 Å². The summed E-state index contributed by atoms with van der Waals surface area (Å²) in [7, 11) is 0. The topological polar surface area (TPSA) is 58.4 Å². The second-order valence-corrected chi connectivity index (χ2v) is 7.29. The van der Waals surface area contributed by atoms with E-state index < -0.39 is 5.54 Å². The molecular formula is C19H29N3O. The normalized spacial score (nSPS) is 23.6. The van der Waals surface area contributed by atoms with Gasteiger partial charge in [-0.3, -0.25) is 4.79 Å². The van der Waals surface area contributed by atoms with Gasteiger partial charge in [-0.25, -0.2) is 0 Å². The van der Waals surface area contributed by atoms with E-state index in [-0.39, 0.29) is 11.9 Å². The molecule has 1 amide bonds. The molecule has 1 aliphatic carbocycles. The van der Waals surface area contributed by atoms with E-state index in [1.54, 1.807) is 6.92 Å². The lowest BCUT2D eigenvalue weighted by atomic mass is 9.91. The average molecular weight is 315 g/mol. The Kier molecular flexibility index (Phi) is 5.02. The van der Waals surface area contributed by atoms with Crippen molar-refractivity contribution in [1.82, 2.24) is 10.2 Å². The number of piperidine rings is 1. The molecular weight excluding hydrogens is 286 g/mol. The van der Waals surface area contributed by atoms with E-state index >= 15 is 0 Å². The van der Waals surface area contributed by atoms with Gasteiger partial charge in [0.15, 0.2) is 0 Å². The van der Waals surface area contributed by atoms with Crippen LogP contribution in [-0.2, 0) is 10.3 Å². The molecule has 3 rings (SSSR count). The predicted octanol–water partition coefficient (Wildman–Crippen LogP) is 2.38. The summed E-state index contributed by atoms with van der Waals surface area (Å²) in [5, 5.41) is 3.18. The molecule has 126 valence electrons. The molecule has 2 aliphatic rings. The van der Waals surface area contributed by atoms with Crippen LogP contribution in [0, 0.1) is 0 Å². The van der Waals surface area contributed by atoms with Crippen LogP contribution in [0.25, 0.3) is 0 Å². The second kappa shape index (κ2) is 7.02. The highest BCUT2D eigenvalue weighted by Gasteiger charge is 2.33. The van der Waals surface area contributed by atoms with Crippen molar-refractivity contribution in [3.05, 3.63) is 35.9 Å². The first-order valence-corrected chi connectivity index (χ1v) is 8.97. The van der Waals surface area contributed by atoms with Gasteiger partial charge in [0.05, 0.1) is 0 Å². The van der Waals surface area contributed by atoms with Crippen LogP contribution in [0.3, 0.4) is 0 Å². The standard InChI is InChI=1S/C19H29N3O/c1-19(20,15-7-3-2-4-8-15)18(23)21-16-11-13-22(14-12-16)17-9-5-6-10-17/h2-4,7-8,16-17H,5-6,9-14,20H2,1H3,(H,21,23). The van der Waals surface area contributed by atoms with Gasteiger partial charge in [-0.2, -0.15) is 0 Å². The van der Waals surface area contributed by atoms with Gasteiger partial charge >= 0.3 is 0 Å². The Morgan fingerprint density at radius 3 is 2.35 bits per heavy atom. The lowest BCUT2D eigenvalue weighted by molar-refractivity contribution is -0.127. The van der Waals surface area contributed by atoms with Crippen molar-refractivity contribution >= 4 is 5.91 Å². The maximum atomic E-state index is 12.6. The Morgan fingerprint density at radius 1 is 1.13 bits per heavy atom. The predicted molar refractivity (Wildman–Crippen MR) is 93.0 cm³/mol. The van der Waals surface area contributed by atoms with Crippen molar-refractivity contribution < 1.29 is 4.79 Å². The second-order valence-electron chi connectivity index (χ2n) is 7.29. The summed E-state index contributed by atoms with van der Waals surface area (Å²) in [6.45, 7) is 4.00. The third-order valence-electron chi connectivity index (χ3n) is 5.55. The van der Waals surface area contributed by atoms with Crippen molar-refractivity contribution in [2.24, 2.45) is 5.73 Å².